The van der Waals surface area contributed by atoms with Crippen molar-refractivity contribution in [1.29, 1.82) is 0 Å². The highest BCUT2D eigenvalue weighted by Crippen LogP contribution is 2.16. The van der Waals surface area contributed by atoms with Gasteiger partial charge in [-0.15, -0.1) is 0 Å². The fourth-order valence-corrected chi connectivity index (χ4v) is 10.3. The molecule has 0 heterocycles. The normalized spacial score (nSPS) is 12.7. The van der Waals surface area contributed by atoms with Crippen LogP contribution in [0.5, 0.6) is 0 Å². The third kappa shape index (κ3) is 56.6. The highest BCUT2D eigenvalue weighted by Gasteiger charge is 2.18. The number of nitrogens with zero attached hydrogens (tertiary/aromatic N) is 3. The standard InChI is InChI=1S/C71H135N7O16/c1-10-18-24-60(14-5)56-87-48-52-91-68(83)28-36-72-64(79)32-44-77(45-33-65(80)73-37-29-69(84)92-53-49-88-57-61(15-6)25-19-11-2)42-22-40-76(9)41-23-43-78(46-34-66(81)74-38-30-70(85)93-54-50-89-58-62(16-7)26-20-12-3)47-35-67(82)75-39-31-71(86)94-55-51-90-59-63(17-8)27-21-13-4/h60-63H,10-59H2,1-9H3,(H,72,79)(H,73,80)(H,74,81)(H,75,82). The molecule has 0 saturated carbocycles. The Bertz CT molecular complexity index is 1660. The number of carbonyl (C=O) groups is 8. The number of ether oxygens (including phenoxy) is 8. The summed E-state index contributed by atoms with van der Waals surface area (Å²) in [7, 11) is 2.02. The van der Waals surface area contributed by atoms with Crippen LogP contribution in [0.3, 0.4) is 0 Å². The van der Waals surface area contributed by atoms with Gasteiger partial charge in [-0.1, -0.05) is 132 Å². The summed E-state index contributed by atoms with van der Waals surface area (Å²) in [4.78, 5) is 108. The fraction of sp³-hybridized carbons (Fsp3) is 0.887. The van der Waals surface area contributed by atoms with E-state index in [9.17, 15) is 38.4 Å². The second-order valence-corrected chi connectivity index (χ2v) is 24.9. The molecular formula is C71H135N7O16. The molecule has 0 radical (unpaired) electrons. The van der Waals surface area contributed by atoms with Gasteiger partial charge in [0.05, 0.1) is 52.1 Å². The van der Waals surface area contributed by atoms with Crippen LogP contribution < -0.4 is 21.3 Å². The minimum Gasteiger partial charge on any atom is -0.463 e. The summed E-state index contributed by atoms with van der Waals surface area (Å²) >= 11 is 0. The largest absolute Gasteiger partial charge is 0.463 e. The predicted molar refractivity (Wildman–Crippen MR) is 369 cm³/mol. The van der Waals surface area contributed by atoms with Gasteiger partial charge in [-0.05, 0) is 95.4 Å². The Kier molecular flexibility index (Phi) is 61.4. The number of esters is 4. The van der Waals surface area contributed by atoms with Gasteiger partial charge in [-0.3, -0.25) is 38.4 Å². The smallest absolute Gasteiger partial charge is 0.307 e. The zero-order chi connectivity index (χ0) is 69.5. The minimum absolute atomic E-state index is 0.0311. The van der Waals surface area contributed by atoms with Crippen molar-refractivity contribution >= 4 is 47.5 Å². The topological polar surface area (TPSA) is 268 Å². The highest BCUT2D eigenvalue weighted by atomic mass is 16.6. The molecule has 23 heteroatoms. The molecule has 0 aromatic carbocycles. The average molecular weight is 1340 g/mol. The average Bonchev–Trinajstić information content (AvgIpc) is 3.51. The van der Waals surface area contributed by atoms with Gasteiger partial charge in [0.15, 0.2) is 0 Å². The van der Waals surface area contributed by atoms with Crippen molar-refractivity contribution in [3.63, 3.8) is 0 Å². The van der Waals surface area contributed by atoms with E-state index in [4.69, 9.17) is 37.9 Å². The summed E-state index contributed by atoms with van der Waals surface area (Å²) < 4.78 is 44.3. The van der Waals surface area contributed by atoms with E-state index in [0.29, 0.717) is 129 Å². The van der Waals surface area contributed by atoms with Crippen LogP contribution in [0.4, 0.5) is 0 Å². The molecule has 0 fully saturated rings. The van der Waals surface area contributed by atoms with Crippen molar-refractivity contribution in [3.8, 4) is 0 Å². The van der Waals surface area contributed by atoms with Crippen LogP contribution in [0, 0.1) is 23.7 Å². The first-order valence-electron chi connectivity index (χ1n) is 36.7. The van der Waals surface area contributed by atoms with Crippen molar-refractivity contribution in [2.75, 3.05) is 165 Å². The van der Waals surface area contributed by atoms with E-state index in [1.165, 1.54) is 0 Å². The van der Waals surface area contributed by atoms with Crippen LogP contribution in [0.2, 0.25) is 0 Å². The second-order valence-electron chi connectivity index (χ2n) is 24.9. The summed E-state index contributed by atoms with van der Waals surface area (Å²) in [5.74, 6) is -0.579. The Morgan fingerprint density at radius 2 is 0.532 bits per heavy atom. The van der Waals surface area contributed by atoms with Crippen LogP contribution in [0.1, 0.15) is 222 Å². The van der Waals surface area contributed by atoms with Crippen molar-refractivity contribution in [3.05, 3.63) is 0 Å². The molecule has 550 valence electrons. The third-order valence-corrected chi connectivity index (χ3v) is 16.8. The van der Waals surface area contributed by atoms with E-state index in [1.54, 1.807) is 0 Å². The van der Waals surface area contributed by atoms with E-state index >= 15 is 0 Å². The maximum atomic E-state index is 13.0. The third-order valence-electron chi connectivity index (χ3n) is 16.8. The molecule has 0 saturated heterocycles. The monoisotopic (exact) mass is 1340 g/mol. The van der Waals surface area contributed by atoms with E-state index in [0.717, 1.165) is 116 Å². The summed E-state index contributed by atoms with van der Waals surface area (Å²) in [6, 6.07) is 0. The first-order chi connectivity index (χ1) is 45.5. The number of nitrogens with one attached hydrogen (secondary N) is 4. The van der Waals surface area contributed by atoms with Gasteiger partial charge in [0.1, 0.15) is 26.4 Å². The van der Waals surface area contributed by atoms with Gasteiger partial charge >= 0.3 is 23.9 Å². The Morgan fingerprint density at radius 3 is 0.745 bits per heavy atom. The van der Waals surface area contributed by atoms with Crippen LogP contribution in [-0.4, -0.2) is 227 Å². The Morgan fingerprint density at radius 1 is 0.298 bits per heavy atom. The lowest BCUT2D eigenvalue weighted by molar-refractivity contribution is -0.146. The zero-order valence-electron chi connectivity index (χ0n) is 60.5. The van der Waals surface area contributed by atoms with Crippen LogP contribution in [0.25, 0.3) is 0 Å². The van der Waals surface area contributed by atoms with Crippen LogP contribution in [-0.2, 0) is 76.3 Å². The minimum atomic E-state index is -0.414. The summed E-state index contributed by atoms with van der Waals surface area (Å²) in [6.45, 7) is 26.4. The zero-order valence-corrected chi connectivity index (χ0v) is 60.5. The van der Waals surface area contributed by atoms with Gasteiger partial charge in [-0.25, -0.2) is 0 Å². The molecule has 23 nitrogen and oxygen atoms in total. The maximum absolute atomic E-state index is 13.0. The Balaban J connectivity index is 5.49. The molecule has 0 spiro atoms. The lowest BCUT2D eigenvalue weighted by atomic mass is 10.0. The SMILES string of the molecule is CCCCC(CC)COCCOC(=O)CCNC(=O)CCN(CCCN(C)CCCN(CCC(=O)NCCC(=O)OCCOCC(CC)CCCC)CCC(=O)NCCC(=O)OCCOCC(CC)CCCC)CCC(=O)NCCC(=O)OCCOCC(CC)CCCC. The van der Waals surface area contributed by atoms with Crippen molar-refractivity contribution in [1.82, 2.24) is 36.0 Å². The molecule has 94 heavy (non-hydrogen) atoms. The predicted octanol–water partition coefficient (Wildman–Crippen LogP) is 8.99. The molecule has 0 aliphatic heterocycles. The molecule has 4 atom stereocenters. The number of unbranched alkanes of at least 4 members (excludes halogenated alkanes) is 4. The van der Waals surface area contributed by atoms with Gasteiger partial charge in [0.25, 0.3) is 0 Å². The fourth-order valence-electron chi connectivity index (χ4n) is 10.3. The van der Waals surface area contributed by atoms with E-state index in [-0.39, 0.29) is 128 Å². The van der Waals surface area contributed by atoms with Gasteiger partial charge < -0.3 is 73.9 Å². The molecule has 4 amide bonds. The van der Waals surface area contributed by atoms with Crippen molar-refractivity contribution < 1.29 is 76.3 Å². The van der Waals surface area contributed by atoms with Gasteiger partial charge in [0, 0.05) is 104 Å². The molecule has 0 aromatic heterocycles. The van der Waals surface area contributed by atoms with Crippen LogP contribution in [0.15, 0.2) is 0 Å². The molecule has 0 rings (SSSR count). The Hall–Kier alpha value is -4.52. The summed E-state index contributed by atoms with van der Waals surface area (Å²) in [6.07, 6.45) is 20.1. The molecule has 0 aliphatic carbocycles. The summed E-state index contributed by atoms with van der Waals surface area (Å²) in [5, 5.41) is 11.3. The Labute approximate surface area is 568 Å². The quantitative estimate of drug-likeness (QED) is 0.0251. The van der Waals surface area contributed by atoms with Gasteiger partial charge in [0.2, 0.25) is 23.6 Å². The maximum Gasteiger partial charge on any atom is 0.307 e. The summed E-state index contributed by atoms with van der Waals surface area (Å²) in [5.41, 5.74) is 0. The second kappa shape index (κ2) is 64.5. The molecule has 4 N–H and O–H groups in total. The number of hydrogen-bond donors (Lipinski definition) is 4. The number of amides is 4. The molecular weight excluding hydrogens is 1210 g/mol. The lowest BCUT2D eigenvalue weighted by Crippen LogP contribution is -2.37. The van der Waals surface area contributed by atoms with Gasteiger partial charge in [-0.2, -0.15) is 0 Å². The molecule has 4 unspecified atom stereocenters. The van der Waals surface area contributed by atoms with Crippen molar-refractivity contribution in [2.24, 2.45) is 23.7 Å². The first kappa shape index (κ1) is 89.5. The van der Waals surface area contributed by atoms with E-state index in [2.05, 4.69) is 91.4 Å². The van der Waals surface area contributed by atoms with E-state index in [1.807, 2.05) is 7.05 Å². The first-order valence-corrected chi connectivity index (χ1v) is 36.7. The van der Waals surface area contributed by atoms with Crippen molar-refractivity contribution in [2.45, 2.75) is 222 Å². The molecule has 0 aromatic rings. The number of carbonyl (C=O) groups excluding carboxylic acids is 8. The number of hydrogen-bond acceptors (Lipinski definition) is 19. The highest BCUT2D eigenvalue weighted by molar-refractivity contribution is 5.79. The molecule has 0 bridgehead atoms. The van der Waals surface area contributed by atoms with E-state index < -0.39 is 23.9 Å². The number of rotatable bonds is 68. The molecule has 0 aliphatic rings. The lowest BCUT2D eigenvalue weighted by Gasteiger charge is -2.25. The van der Waals surface area contributed by atoms with Crippen LogP contribution >= 0.6 is 0 Å².